The maximum absolute atomic E-state index is 12.2. The van der Waals surface area contributed by atoms with Gasteiger partial charge < -0.3 is 14.7 Å². The highest BCUT2D eigenvalue weighted by atomic mass is 35.5. The van der Waals surface area contributed by atoms with Crippen molar-refractivity contribution >= 4 is 17.5 Å². The molecule has 0 aromatic heterocycles. The van der Waals surface area contributed by atoms with Crippen molar-refractivity contribution in [1.29, 1.82) is 0 Å². The van der Waals surface area contributed by atoms with E-state index in [2.05, 4.69) is 0 Å². The topological polar surface area (TPSA) is 49.8 Å². The van der Waals surface area contributed by atoms with E-state index in [1.54, 1.807) is 36.1 Å². The van der Waals surface area contributed by atoms with Gasteiger partial charge in [0.25, 0.3) is 5.91 Å². The molecule has 1 aliphatic rings. The molecule has 1 aromatic rings. The average molecular weight is 284 g/mol. The molecule has 4 nitrogen and oxygen atoms in total. The Bertz CT molecular complexity index is 452. The Morgan fingerprint density at radius 2 is 2.37 bits per heavy atom. The SMILES string of the molecule is CC(Oc1cccc(Cl)c1)C(=O)N1CCC[C@H](O)C1. The van der Waals surface area contributed by atoms with Crippen LogP contribution >= 0.6 is 11.6 Å². The van der Waals surface area contributed by atoms with Crippen molar-refractivity contribution in [2.45, 2.75) is 32.0 Å². The number of rotatable bonds is 3. The molecule has 0 aliphatic carbocycles. The highest BCUT2D eigenvalue weighted by molar-refractivity contribution is 6.30. The molecule has 1 heterocycles. The number of aliphatic hydroxyl groups is 1. The third-order valence-electron chi connectivity index (χ3n) is 3.16. The largest absolute Gasteiger partial charge is 0.481 e. The lowest BCUT2D eigenvalue weighted by Crippen LogP contribution is -2.47. The third-order valence-corrected chi connectivity index (χ3v) is 3.40. The van der Waals surface area contributed by atoms with Crippen LogP contribution in [-0.4, -0.2) is 41.2 Å². The Labute approximate surface area is 117 Å². The first-order chi connectivity index (χ1) is 9.06. The molecule has 1 aromatic carbocycles. The summed E-state index contributed by atoms with van der Waals surface area (Å²) in [5, 5.41) is 10.2. The fourth-order valence-corrected chi connectivity index (χ4v) is 2.39. The van der Waals surface area contributed by atoms with Gasteiger partial charge in [-0.05, 0) is 38.0 Å². The minimum Gasteiger partial charge on any atom is -0.481 e. The zero-order chi connectivity index (χ0) is 13.8. The molecular weight excluding hydrogens is 266 g/mol. The molecule has 1 fully saturated rings. The summed E-state index contributed by atoms with van der Waals surface area (Å²) in [5.74, 6) is 0.477. The first-order valence-electron chi connectivity index (χ1n) is 6.45. The summed E-state index contributed by atoms with van der Waals surface area (Å²) >= 11 is 5.87. The second kappa shape index (κ2) is 6.26. The number of amides is 1. The summed E-state index contributed by atoms with van der Waals surface area (Å²) in [6.07, 6.45) is 0.587. The van der Waals surface area contributed by atoms with Crippen molar-refractivity contribution in [2.75, 3.05) is 13.1 Å². The fraction of sp³-hybridized carbons (Fsp3) is 0.500. The quantitative estimate of drug-likeness (QED) is 0.924. The molecule has 1 aliphatic heterocycles. The second-order valence-electron chi connectivity index (χ2n) is 4.80. The lowest BCUT2D eigenvalue weighted by Gasteiger charge is -2.32. The van der Waals surface area contributed by atoms with Crippen LogP contribution in [0.2, 0.25) is 5.02 Å². The molecule has 2 atom stereocenters. The first-order valence-corrected chi connectivity index (χ1v) is 6.83. The van der Waals surface area contributed by atoms with E-state index in [0.717, 1.165) is 12.8 Å². The number of likely N-dealkylation sites (tertiary alicyclic amines) is 1. The molecule has 0 saturated carbocycles. The van der Waals surface area contributed by atoms with Crippen molar-refractivity contribution in [1.82, 2.24) is 4.90 Å². The smallest absolute Gasteiger partial charge is 0.263 e. The van der Waals surface area contributed by atoms with Gasteiger partial charge in [0, 0.05) is 18.1 Å². The summed E-state index contributed by atoms with van der Waals surface area (Å²) < 4.78 is 5.59. The minimum absolute atomic E-state index is 0.0984. The molecule has 19 heavy (non-hydrogen) atoms. The van der Waals surface area contributed by atoms with Crippen LogP contribution in [0.4, 0.5) is 0 Å². The van der Waals surface area contributed by atoms with Crippen LogP contribution < -0.4 is 4.74 Å². The van der Waals surface area contributed by atoms with Crippen molar-refractivity contribution in [3.8, 4) is 5.75 Å². The Hall–Kier alpha value is -1.26. The van der Waals surface area contributed by atoms with Gasteiger partial charge in [0.05, 0.1) is 6.10 Å². The maximum atomic E-state index is 12.2. The second-order valence-corrected chi connectivity index (χ2v) is 5.23. The molecule has 104 valence electrons. The van der Waals surface area contributed by atoms with Crippen LogP contribution in [0.1, 0.15) is 19.8 Å². The normalized spacial score (nSPS) is 21.0. The van der Waals surface area contributed by atoms with Crippen LogP contribution in [-0.2, 0) is 4.79 Å². The highest BCUT2D eigenvalue weighted by Crippen LogP contribution is 2.19. The van der Waals surface area contributed by atoms with Crippen LogP contribution in [0.5, 0.6) is 5.75 Å². The summed E-state index contributed by atoms with van der Waals surface area (Å²) in [6.45, 7) is 2.78. The molecular formula is C14H18ClNO3. The number of piperidine rings is 1. The van der Waals surface area contributed by atoms with Gasteiger partial charge in [-0.3, -0.25) is 4.79 Å². The number of ether oxygens (including phenoxy) is 1. The van der Waals surface area contributed by atoms with E-state index in [1.807, 2.05) is 0 Å². The molecule has 0 radical (unpaired) electrons. The molecule has 1 N–H and O–H groups in total. The Morgan fingerprint density at radius 3 is 3.05 bits per heavy atom. The van der Waals surface area contributed by atoms with Crippen molar-refractivity contribution < 1.29 is 14.6 Å². The summed E-state index contributed by atoms with van der Waals surface area (Å²) in [4.78, 5) is 13.8. The van der Waals surface area contributed by atoms with Gasteiger partial charge in [-0.2, -0.15) is 0 Å². The number of benzene rings is 1. The van der Waals surface area contributed by atoms with E-state index in [9.17, 15) is 9.90 Å². The van der Waals surface area contributed by atoms with E-state index in [4.69, 9.17) is 16.3 Å². The molecule has 0 bridgehead atoms. The third kappa shape index (κ3) is 3.85. The van der Waals surface area contributed by atoms with E-state index < -0.39 is 12.2 Å². The van der Waals surface area contributed by atoms with Crippen molar-refractivity contribution in [3.05, 3.63) is 29.3 Å². The zero-order valence-electron chi connectivity index (χ0n) is 10.9. The molecule has 2 rings (SSSR count). The molecule has 1 amide bonds. The van der Waals surface area contributed by atoms with Gasteiger partial charge in [0.1, 0.15) is 5.75 Å². The average Bonchev–Trinajstić information content (AvgIpc) is 2.38. The monoisotopic (exact) mass is 283 g/mol. The number of β-amino-alcohol motifs (C(OH)–C–C–N with tert-alkyl or cyclic N) is 1. The lowest BCUT2D eigenvalue weighted by molar-refractivity contribution is -0.141. The number of hydrogen-bond donors (Lipinski definition) is 1. The number of halogens is 1. The first kappa shape index (κ1) is 14.2. The van der Waals surface area contributed by atoms with Gasteiger partial charge in [0.2, 0.25) is 0 Å². The van der Waals surface area contributed by atoms with Gasteiger partial charge >= 0.3 is 0 Å². The minimum atomic E-state index is -0.580. The molecule has 1 unspecified atom stereocenters. The summed E-state index contributed by atoms with van der Waals surface area (Å²) in [5.41, 5.74) is 0. The number of hydrogen-bond acceptors (Lipinski definition) is 3. The fourth-order valence-electron chi connectivity index (χ4n) is 2.21. The van der Waals surface area contributed by atoms with Crippen LogP contribution in [0, 0.1) is 0 Å². The van der Waals surface area contributed by atoms with Crippen molar-refractivity contribution in [3.63, 3.8) is 0 Å². The summed E-state index contributed by atoms with van der Waals surface area (Å²) in [6, 6.07) is 6.97. The number of carbonyl (C=O) groups is 1. The Balaban J connectivity index is 1.95. The van der Waals surface area contributed by atoms with Crippen molar-refractivity contribution in [2.24, 2.45) is 0 Å². The van der Waals surface area contributed by atoms with Gasteiger partial charge in [-0.15, -0.1) is 0 Å². The van der Waals surface area contributed by atoms with E-state index >= 15 is 0 Å². The molecule has 5 heteroatoms. The standard InChI is InChI=1S/C14H18ClNO3/c1-10(19-13-6-2-4-11(15)8-13)14(18)16-7-3-5-12(17)9-16/h2,4,6,8,10,12,17H,3,5,7,9H2,1H3/t10?,12-/m0/s1. The van der Waals surface area contributed by atoms with Gasteiger partial charge in [-0.1, -0.05) is 17.7 Å². The predicted octanol–water partition coefficient (Wildman–Crippen LogP) is 2.09. The highest BCUT2D eigenvalue weighted by Gasteiger charge is 2.26. The number of nitrogens with zero attached hydrogens (tertiary/aromatic N) is 1. The van der Waals surface area contributed by atoms with Gasteiger partial charge in [-0.25, -0.2) is 0 Å². The van der Waals surface area contributed by atoms with E-state index in [0.29, 0.717) is 23.9 Å². The number of aliphatic hydroxyl groups excluding tert-OH is 1. The Kier molecular flexibility index (Phi) is 4.66. The molecule has 0 spiro atoms. The number of carbonyl (C=O) groups excluding carboxylic acids is 1. The molecule has 1 saturated heterocycles. The maximum Gasteiger partial charge on any atom is 0.263 e. The van der Waals surface area contributed by atoms with E-state index in [-0.39, 0.29) is 5.91 Å². The lowest BCUT2D eigenvalue weighted by atomic mass is 10.1. The van der Waals surface area contributed by atoms with Crippen LogP contribution in [0.15, 0.2) is 24.3 Å². The van der Waals surface area contributed by atoms with Crippen LogP contribution in [0.25, 0.3) is 0 Å². The van der Waals surface area contributed by atoms with E-state index in [1.165, 1.54) is 0 Å². The zero-order valence-corrected chi connectivity index (χ0v) is 11.6. The van der Waals surface area contributed by atoms with Crippen LogP contribution in [0.3, 0.4) is 0 Å². The predicted molar refractivity (Wildman–Crippen MR) is 73.4 cm³/mol. The van der Waals surface area contributed by atoms with Gasteiger partial charge in [0.15, 0.2) is 6.10 Å². The Morgan fingerprint density at radius 1 is 1.58 bits per heavy atom. The summed E-state index contributed by atoms with van der Waals surface area (Å²) in [7, 11) is 0.